The fourth-order valence-corrected chi connectivity index (χ4v) is 4.03. The molecular weight excluding hydrogens is 335 g/mol. The number of sulfonamides is 1. The molecule has 1 heterocycles. The molecule has 0 aliphatic carbocycles. The van der Waals surface area contributed by atoms with Crippen LogP contribution in [-0.4, -0.2) is 52.6 Å². The Hall–Kier alpha value is -1.09. The van der Waals surface area contributed by atoms with E-state index in [0.29, 0.717) is 19.6 Å². The molecule has 1 aromatic rings. The van der Waals surface area contributed by atoms with E-state index in [0.717, 1.165) is 12.1 Å². The molecule has 1 fully saturated rings. The Balaban J connectivity index is 0.00000242. The molecule has 0 spiro atoms. The van der Waals surface area contributed by atoms with Gasteiger partial charge in [-0.3, -0.25) is 0 Å². The van der Waals surface area contributed by atoms with Gasteiger partial charge in [0.25, 0.3) is 0 Å². The Morgan fingerprint density at radius 3 is 2.41 bits per heavy atom. The summed E-state index contributed by atoms with van der Waals surface area (Å²) in [5, 5.41) is 3.10. The van der Waals surface area contributed by atoms with Gasteiger partial charge in [0, 0.05) is 37.8 Å². The van der Waals surface area contributed by atoms with Crippen molar-refractivity contribution < 1.29 is 22.3 Å². The summed E-state index contributed by atoms with van der Waals surface area (Å²) in [6.07, 6.45) is 0. The summed E-state index contributed by atoms with van der Waals surface area (Å²) in [6, 6.07) is 1.95. The molecule has 0 aromatic heterocycles. The first kappa shape index (κ1) is 19.0. The zero-order valence-electron chi connectivity index (χ0n) is 12.6. The third-order valence-electron chi connectivity index (χ3n) is 3.47. The fraction of sp³-hybridized carbons (Fsp3) is 0.538. The summed E-state index contributed by atoms with van der Waals surface area (Å²) in [5.41, 5.74) is 0. The molecule has 6 nitrogen and oxygen atoms in total. The number of nitrogens with zero attached hydrogens (tertiary/aromatic N) is 1. The highest BCUT2D eigenvalue weighted by atomic mass is 35.5. The van der Waals surface area contributed by atoms with E-state index < -0.39 is 20.7 Å². The summed E-state index contributed by atoms with van der Waals surface area (Å²) in [6.45, 7) is 3.16. The van der Waals surface area contributed by atoms with Gasteiger partial charge in [0.1, 0.15) is 10.7 Å². The number of ether oxygens (including phenoxy) is 2. The van der Waals surface area contributed by atoms with Crippen LogP contribution in [0, 0.1) is 5.82 Å². The molecule has 0 bridgehead atoms. The highest BCUT2D eigenvalue weighted by molar-refractivity contribution is 7.89. The SMILES string of the molecule is COc1cc(F)c(S(=O)(=O)N2CCNC[C@H]2C)cc1OC.Cl. The van der Waals surface area contributed by atoms with Crippen LogP contribution in [0.1, 0.15) is 6.92 Å². The van der Waals surface area contributed by atoms with E-state index in [4.69, 9.17) is 9.47 Å². The van der Waals surface area contributed by atoms with Crippen LogP contribution >= 0.6 is 12.4 Å². The third kappa shape index (κ3) is 3.45. The van der Waals surface area contributed by atoms with Crippen LogP contribution in [0.2, 0.25) is 0 Å². The van der Waals surface area contributed by atoms with E-state index in [9.17, 15) is 12.8 Å². The first-order valence-electron chi connectivity index (χ1n) is 6.56. The highest BCUT2D eigenvalue weighted by Crippen LogP contribution is 2.33. The molecule has 0 amide bonds. The average Bonchev–Trinajstić information content (AvgIpc) is 2.46. The van der Waals surface area contributed by atoms with Crippen LogP contribution in [-0.2, 0) is 10.0 Å². The minimum Gasteiger partial charge on any atom is -0.493 e. The third-order valence-corrected chi connectivity index (χ3v) is 5.49. The number of rotatable bonds is 4. The summed E-state index contributed by atoms with van der Waals surface area (Å²) in [5.74, 6) is -0.513. The van der Waals surface area contributed by atoms with Crippen molar-refractivity contribution in [3.63, 3.8) is 0 Å². The second kappa shape index (κ2) is 7.45. The molecule has 1 aliphatic heterocycles. The van der Waals surface area contributed by atoms with Crippen molar-refractivity contribution in [1.29, 1.82) is 0 Å². The molecule has 126 valence electrons. The number of benzene rings is 1. The first-order chi connectivity index (χ1) is 9.91. The normalized spacial score (nSPS) is 19.4. The van der Waals surface area contributed by atoms with Crippen molar-refractivity contribution >= 4 is 22.4 Å². The number of piperazine rings is 1. The van der Waals surface area contributed by atoms with Crippen molar-refractivity contribution in [3.05, 3.63) is 17.9 Å². The maximum absolute atomic E-state index is 14.2. The van der Waals surface area contributed by atoms with Gasteiger partial charge >= 0.3 is 0 Å². The Morgan fingerprint density at radius 2 is 1.86 bits per heavy atom. The summed E-state index contributed by atoms with van der Waals surface area (Å²) in [7, 11) is -1.18. The number of hydrogen-bond acceptors (Lipinski definition) is 5. The van der Waals surface area contributed by atoms with Gasteiger partial charge in [-0.05, 0) is 6.92 Å². The molecule has 0 unspecified atom stereocenters. The van der Waals surface area contributed by atoms with Gasteiger partial charge in [-0.2, -0.15) is 4.31 Å². The minimum absolute atomic E-state index is 0. The zero-order valence-corrected chi connectivity index (χ0v) is 14.3. The molecule has 1 aromatic carbocycles. The molecule has 22 heavy (non-hydrogen) atoms. The minimum atomic E-state index is -3.92. The standard InChI is InChI=1S/C13H19FN2O4S.ClH/c1-9-8-15-4-5-16(9)21(17,18)13-7-12(20-3)11(19-2)6-10(13)14;/h6-7,9,15H,4-5,8H2,1-3H3;1H/t9-;/m1./s1. The summed E-state index contributed by atoms with van der Waals surface area (Å²) < 4.78 is 50.8. The molecule has 1 aliphatic rings. The largest absolute Gasteiger partial charge is 0.493 e. The van der Waals surface area contributed by atoms with Crippen molar-refractivity contribution in [1.82, 2.24) is 9.62 Å². The molecule has 1 saturated heterocycles. The van der Waals surface area contributed by atoms with Crippen molar-refractivity contribution in [2.75, 3.05) is 33.9 Å². The van der Waals surface area contributed by atoms with Crippen LogP contribution in [0.5, 0.6) is 11.5 Å². The van der Waals surface area contributed by atoms with E-state index in [1.807, 2.05) is 0 Å². The van der Waals surface area contributed by atoms with Crippen molar-refractivity contribution in [2.45, 2.75) is 17.9 Å². The van der Waals surface area contributed by atoms with Crippen LogP contribution in [0.15, 0.2) is 17.0 Å². The summed E-state index contributed by atoms with van der Waals surface area (Å²) in [4.78, 5) is -0.395. The highest BCUT2D eigenvalue weighted by Gasteiger charge is 2.33. The Labute approximate surface area is 136 Å². The van der Waals surface area contributed by atoms with Crippen molar-refractivity contribution in [2.24, 2.45) is 0 Å². The molecule has 1 N–H and O–H groups in total. The predicted molar refractivity (Wildman–Crippen MR) is 83.0 cm³/mol. The number of halogens is 2. The van der Waals surface area contributed by atoms with Crippen LogP contribution in [0.3, 0.4) is 0 Å². The molecule has 2 rings (SSSR count). The second-order valence-electron chi connectivity index (χ2n) is 4.81. The molecule has 1 atom stereocenters. The van der Waals surface area contributed by atoms with Gasteiger partial charge in [0.15, 0.2) is 11.5 Å². The Morgan fingerprint density at radius 1 is 1.27 bits per heavy atom. The van der Waals surface area contributed by atoms with E-state index in [-0.39, 0.29) is 29.9 Å². The lowest BCUT2D eigenvalue weighted by atomic mass is 10.3. The molecule has 9 heteroatoms. The van der Waals surface area contributed by atoms with Crippen LogP contribution in [0.4, 0.5) is 4.39 Å². The zero-order chi connectivity index (χ0) is 15.6. The Bertz CT molecular complexity index is 627. The van der Waals surface area contributed by atoms with Crippen molar-refractivity contribution in [3.8, 4) is 11.5 Å². The quantitative estimate of drug-likeness (QED) is 0.881. The second-order valence-corrected chi connectivity index (χ2v) is 6.67. The monoisotopic (exact) mass is 354 g/mol. The first-order valence-corrected chi connectivity index (χ1v) is 8.00. The predicted octanol–water partition coefficient (Wildman–Crippen LogP) is 1.25. The number of nitrogens with one attached hydrogen (secondary N) is 1. The lowest BCUT2D eigenvalue weighted by Crippen LogP contribution is -2.52. The molecular formula is C13H20ClFN2O4S. The lowest BCUT2D eigenvalue weighted by molar-refractivity contribution is 0.282. The van der Waals surface area contributed by atoms with E-state index in [1.54, 1.807) is 6.92 Å². The molecule has 0 saturated carbocycles. The molecule has 0 radical (unpaired) electrons. The van der Waals surface area contributed by atoms with E-state index >= 15 is 0 Å². The number of methoxy groups -OCH3 is 2. The van der Waals surface area contributed by atoms with Crippen LogP contribution in [0.25, 0.3) is 0 Å². The average molecular weight is 355 g/mol. The van der Waals surface area contributed by atoms with Gasteiger partial charge < -0.3 is 14.8 Å². The Kier molecular flexibility index (Phi) is 6.42. The number of hydrogen-bond donors (Lipinski definition) is 1. The van der Waals surface area contributed by atoms with Gasteiger partial charge in [-0.1, -0.05) is 0 Å². The van der Waals surface area contributed by atoms with Gasteiger partial charge in [-0.25, -0.2) is 12.8 Å². The topological polar surface area (TPSA) is 67.9 Å². The van der Waals surface area contributed by atoms with Crippen LogP contribution < -0.4 is 14.8 Å². The maximum Gasteiger partial charge on any atom is 0.246 e. The summed E-state index contributed by atoms with van der Waals surface area (Å²) >= 11 is 0. The van der Waals surface area contributed by atoms with Gasteiger partial charge in [0.05, 0.1) is 14.2 Å². The maximum atomic E-state index is 14.2. The van der Waals surface area contributed by atoms with Gasteiger partial charge in [-0.15, -0.1) is 12.4 Å². The fourth-order valence-electron chi connectivity index (χ4n) is 2.34. The van der Waals surface area contributed by atoms with Gasteiger partial charge in [0.2, 0.25) is 10.0 Å². The lowest BCUT2D eigenvalue weighted by Gasteiger charge is -2.33. The van der Waals surface area contributed by atoms with E-state index in [1.165, 1.54) is 18.5 Å². The smallest absolute Gasteiger partial charge is 0.246 e. The van der Waals surface area contributed by atoms with E-state index in [2.05, 4.69) is 5.32 Å².